The first kappa shape index (κ1) is 34.6. The first-order chi connectivity index (χ1) is 23.5. The molecule has 3 fully saturated rings. The number of likely N-dealkylation sites (tertiary alicyclic amines) is 1. The van der Waals surface area contributed by atoms with Gasteiger partial charge in [-0.3, -0.25) is 14.4 Å². The number of aromatic nitrogens is 1. The van der Waals surface area contributed by atoms with Crippen LogP contribution in [0.4, 0.5) is 8.78 Å². The third kappa shape index (κ3) is 8.49. The van der Waals surface area contributed by atoms with Gasteiger partial charge in [0.1, 0.15) is 23.7 Å². The molecule has 3 aromatic rings. The number of carbonyl (C=O) groups excluding carboxylic acids is 3. The van der Waals surface area contributed by atoms with E-state index in [1.54, 1.807) is 25.1 Å². The average Bonchev–Trinajstić information content (AvgIpc) is 3.84. The summed E-state index contributed by atoms with van der Waals surface area (Å²) in [6.45, 7) is 1.95. The lowest BCUT2D eigenvalue weighted by atomic mass is 10.00. The van der Waals surface area contributed by atoms with E-state index in [0.717, 1.165) is 17.7 Å². The summed E-state index contributed by atoms with van der Waals surface area (Å²) >= 11 is 0. The van der Waals surface area contributed by atoms with E-state index < -0.39 is 58.4 Å². The number of ether oxygens (including phenoxy) is 1. The van der Waals surface area contributed by atoms with E-state index in [4.69, 9.17) is 4.74 Å². The lowest BCUT2D eigenvalue weighted by Crippen LogP contribution is -2.49. The van der Waals surface area contributed by atoms with Gasteiger partial charge in [0.25, 0.3) is 5.91 Å². The van der Waals surface area contributed by atoms with Crippen molar-refractivity contribution in [2.75, 3.05) is 26.3 Å². The zero-order chi connectivity index (χ0) is 34.7. The number of hydrogen-bond acceptors (Lipinski definition) is 7. The second-order valence-electron chi connectivity index (χ2n) is 12.8. The van der Waals surface area contributed by atoms with Gasteiger partial charge in [0, 0.05) is 31.1 Å². The molecule has 3 heterocycles. The van der Waals surface area contributed by atoms with Crippen molar-refractivity contribution in [2.24, 2.45) is 5.92 Å². The number of halogens is 2. The summed E-state index contributed by atoms with van der Waals surface area (Å²) in [6.07, 6.45) is 5.55. The lowest BCUT2D eigenvalue weighted by molar-refractivity contribution is -0.138. The molecule has 1 saturated carbocycles. The van der Waals surface area contributed by atoms with Gasteiger partial charge in [-0.25, -0.2) is 26.9 Å². The Kier molecular flexibility index (Phi) is 10.4. The molecule has 0 radical (unpaired) electrons. The maximum atomic E-state index is 14.6. The van der Waals surface area contributed by atoms with Crippen molar-refractivity contribution in [3.63, 3.8) is 0 Å². The number of hydrogen-bond donors (Lipinski definition) is 3. The molecule has 3 atom stereocenters. The summed E-state index contributed by atoms with van der Waals surface area (Å²) in [5.74, 6) is -1.87. The Morgan fingerprint density at radius 2 is 1.84 bits per heavy atom. The lowest BCUT2D eigenvalue weighted by Gasteiger charge is -2.26. The van der Waals surface area contributed by atoms with Gasteiger partial charge in [-0.1, -0.05) is 24.3 Å². The van der Waals surface area contributed by atoms with Gasteiger partial charge in [0.15, 0.2) is 0 Å². The fourth-order valence-electron chi connectivity index (χ4n) is 6.16. The number of nitrogens with one attached hydrogen (secondary N) is 3. The van der Waals surface area contributed by atoms with E-state index in [1.165, 1.54) is 30.3 Å². The molecule has 3 aliphatic rings. The minimum absolute atomic E-state index is 0.0181. The van der Waals surface area contributed by atoms with E-state index in [-0.39, 0.29) is 29.6 Å². The van der Waals surface area contributed by atoms with Crippen molar-refractivity contribution in [1.82, 2.24) is 25.2 Å². The number of nitrogens with zero attached hydrogens (tertiary/aromatic N) is 2. The highest BCUT2D eigenvalue weighted by molar-refractivity contribution is 7.89. The molecule has 2 aromatic carbocycles. The molecule has 1 aliphatic carbocycles. The first-order valence-electron chi connectivity index (χ1n) is 16.5. The molecule has 14 heteroatoms. The van der Waals surface area contributed by atoms with Crippen molar-refractivity contribution in [3.8, 4) is 0 Å². The van der Waals surface area contributed by atoms with E-state index in [9.17, 15) is 31.6 Å². The number of alkyl halides is 1. The van der Waals surface area contributed by atoms with Crippen LogP contribution in [0.1, 0.15) is 66.7 Å². The summed E-state index contributed by atoms with van der Waals surface area (Å²) in [5, 5.41) is 5.88. The van der Waals surface area contributed by atoms with Crippen LogP contribution < -0.4 is 15.4 Å². The molecule has 0 bridgehead atoms. The fraction of sp³-hybridized carbons (Fsp3) is 0.429. The SMILES string of the molecule is C[C@H](NC(=O)[C@@H]1C[C@@H](F)CN1C(=O)CNC(=O)c1ccc2cc(F)ccc2n1)c1ccc(S(=O)(=O)NC2CCOCC2)cc1/C=C/C1CC1. The van der Waals surface area contributed by atoms with Crippen LogP contribution in [0.3, 0.4) is 0 Å². The average molecular weight is 696 g/mol. The van der Waals surface area contributed by atoms with Gasteiger partial charge >= 0.3 is 0 Å². The van der Waals surface area contributed by atoms with Crippen LogP contribution in [-0.2, 0) is 24.3 Å². The Labute approximate surface area is 283 Å². The highest BCUT2D eigenvalue weighted by atomic mass is 32.2. The van der Waals surface area contributed by atoms with Gasteiger partial charge in [-0.15, -0.1) is 0 Å². The standard InChI is InChI=1S/C35H39F2N5O6S/c1-21(29-9-8-28(17-23(29)5-4-22-2-3-22)49(46,47)41-27-12-14-48-15-13-27)39-35(45)32-18-26(37)20-42(32)33(43)19-38-34(44)31-10-6-24-16-25(36)7-11-30(24)40-31/h4-11,16-17,21-22,26-27,32,41H,2-3,12-15,18-20H2,1H3,(H,38,44)(H,39,45)/b5-4+/t21-,26+,32-/m0/s1. The van der Waals surface area contributed by atoms with Crippen LogP contribution in [0, 0.1) is 11.7 Å². The molecule has 1 aromatic heterocycles. The van der Waals surface area contributed by atoms with Crippen LogP contribution in [0.25, 0.3) is 17.0 Å². The highest BCUT2D eigenvalue weighted by Gasteiger charge is 2.40. The van der Waals surface area contributed by atoms with E-state index in [1.807, 2.05) is 12.2 Å². The predicted octanol–water partition coefficient (Wildman–Crippen LogP) is 3.80. The molecule has 2 saturated heterocycles. The van der Waals surface area contributed by atoms with E-state index in [2.05, 4.69) is 20.3 Å². The minimum atomic E-state index is -3.81. The van der Waals surface area contributed by atoms with Crippen LogP contribution in [0.2, 0.25) is 0 Å². The van der Waals surface area contributed by atoms with Gasteiger partial charge in [0.2, 0.25) is 21.8 Å². The Morgan fingerprint density at radius 1 is 1.06 bits per heavy atom. The number of fused-ring (bicyclic) bond motifs is 1. The molecule has 3 N–H and O–H groups in total. The van der Waals surface area contributed by atoms with Crippen LogP contribution in [0.15, 0.2) is 59.5 Å². The number of allylic oxidation sites excluding steroid dienone is 1. The number of sulfonamides is 1. The number of amides is 3. The molecule has 260 valence electrons. The molecule has 3 amide bonds. The van der Waals surface area contributed by atoms with Crippen LogP contribution in [0.5, 0.6) is 0 Å². The zero-order valence-electron chi connectivity index (χ0n) is 27.0. The maximum Gasteiger partial charge on any atom is 0.270 e. The highest BCUT2D eigenvalue weighted by Crippen LogP contribution is 2.32. The third-order valence-electron chi connectivity index (χ3n) is 9.06. The summed E-state index contributed by atoms with van der Waals surface area (Å²) in [6, 6.07) is 9.74. The minimum Gasteiger partial charge on any atom is -0.381 e. The second kappa shape index (κ2) is 14.7. The van der Waals surface area contributed by atoms with Gasteiger partial charge in [-0.2, -0.15) is 0 Å². The van der Waals surface area contributed by atoms with Gasteiger partial charge < -0.3 is 20.3 Å². The van der Waals surface area contributed by atoms with Crippen molar-refractivity contribution in [1.29, 1.82) is 0 Å². The van der Waals surface area contributed by atoms with Crippen molar-refractivity contribution in [2.45, 2.75) is 68.2 Å². The van der Waals surface area contributed by atoms with Crippen LogP contribution in [-0.4, -0.2) is 80.6 Å². The fourth-order valence-corrected chi connectivity index (χ4v) is 7.50. The maximum absolute atomic E-state index is 14.6. The summed E-state index contributed by atoms with van der Waals surface area (Å²) in [4.78, 5) is 44.8. The normalized spacial score (nSPS) is 20.8. The number of carbonyl (C=O) groups is 3. The van der Waals surface area contributed by atoms with E-state index in [0.29, 0.717) is 54.0 Å². The Bertz CT molecular complexity index is 1880. The largest absolute Gasteiger partial charge is 0.381 e. The van der Waals surface area contributed by atoms with Crippen molar-refractivity contribution >= 4 is 44.7 Å². The molecule has 49 heavy (non-hydrogen) atoms. The third-order valence-corrected chi connectivity index (χ3v) is 10.6. The second-order valence-corrected chi connectivity index (χ2v) is 14.6. The van der Waals surface area contributed by atoms with Gasteiger partial charge in [-0.05, 0) is 86.1 Å². The summed E-state index contributed by atoms with van der Waals surface area (Å²) < 4.78 is 62.7. The quantitative estimate of drug-likeness (QED) is 0.277. The number of rotatable bonds is 11. The number of pyridine rings is 1. The number of benzene rings is 2. The molecular formula is C35H39F2N5O6S. The molecule has 0 spiro atoms. The zero-order valence-corrected chi connectivity index (χ0v) is 27.8. The van der Waals surface area contributed by atoms with Crippen molar-refractivity contribution < 1.29 is 36.3 Å². The monoisotopic (exact) mass is 695 g/mol. The molecule has 11 nitrogen and oxygen atoms in total. The smallest absolute Gasteiger partial charge is 0.270 e. The Balaban J connectivity index is 1.12. The molecular weight excluding hydrogens is 656 g/mol. The molecule has 2 aliphatic heterocycles. The summed E-state index contributed by atoms with van der Waals surface area (Å²) in [7, 11) is -3.81. The van der Waals surface area contributed by atoms with Crippen molar-refractivity contribution in [3.05, 3.63) is 77.2 Å². The molecule has 0 unspecified atom stereocenters. The predicted molar refractivity (Wildman–Crippen MR) is 178 cm³/mol. The summed E-state index contributed by atoms with van der Waals surface area (Å²) in [5.41, 5.74) is 1.72. The Morgan fingerprint density at radius 3 is 2.59 bits per heavy atom. The van der Waals surface area contributed by atoms with Crippen LogP contribution >= 0.6 is 0 Å². The first-order valence-corrected chi connectivity index (χ1v) is 18.0. The Hall–Kier alpha value is -4.27. The topological polar surface area (TPSA) is 147 Å². The van der Waals surface area contributed by atoms with Gasteiger partial charge in [0.05, 0.1) is 29.5 Å². The van der Waals surface area contributed by atoms with E-state index >= 15 is 0 Å². The molecule has 6 rings (SSSR count).